The lowest BCUT2D eigenvalue weighted by Gasteiger charge is -2.26. The van der Waals surface area contributed by atoms with E-state index in [2.05, 4.69) is 27.1 Å². The number of amides is 1. The molecule has 2 N–H and O–H groups in total. The number of benzene rings is 2. The van der Waals surface area contributed by atoms with Crippen LogP contribution in [-0.2, 0) is 27.7 Å². The Labute approximate surface area is 183 Å². The number of rotatable bonds is 9. The molecule has 1 heterocycles. The number of thioether (sulfide) groups is 1. The predicted octanol–water partition coefficient (Wildman–Crippen LogP) is 2.76. The Morgan fingerprint density at radius 1 is 0.967 bits per heavy atom. The third kappa shape index (κ3) is 6.84. The fourth-order valence-electron chi connectivity index (χ4n) is 3.30. The van der Waals surface area contributed by atoms with Gasteiger partial charge in [0.1, 0.15) is 0 Å². The Hall–Kier alpha value is -1.87. The lowest BCUT2D eigenvalue weighted by atomic mass is 10.1. The van der Waals surface area contributed by atoms with E-state index in [1.54, 1.807) is 24.3 Å². The summed E-state index contributed by atoms with van der Waals surface area (Å²) in [4.78, 5) is 15.0. The lowest BCUT2D eigenvalue weighted by molar-refractivity contribution is -0.116. The second kappa shape index (κ2) is 10.9. The molecule has 1 fully saturated rings. The molecule has 30 heavy (non-hydrogen) atoms. The van der Waals surface area contributed by atoms with Crippen LogP contribution in [0, 0.1) is 0 Å². The molecule has 1 amide bonds. The van der Waals surface area contributed by atoms with Crippen molar-refractivity contribution in [3.05, 3.63) is 59.7 Å². The minimum atomic E-state index is -3.43. The molecule has 0 bridgehead atoms. The van der Waals surface area contributed by atoms with Crippen LogP contribution in [0.5, 0.6) is 0 Å². The Kier molecular flexibility index (Phi) is 8.32. The second-order valence-corrected chi connectivity index (χ2v) is 10.4. The number of aryl methyl sites for hydroxylation is 1. The normalized spacial score (nSPS) is 15.1. The molecule has 6 nitrogen and oxygen atoms in total. The molecule has 0 aliphatic carbocycles. The average molecular weight is 448 g/mol. The zero-order valence-corrected chi connectivity index (χ0v) is 18.9. The van der Waals surface area contributed by atoms with E-state index in [1.807, 2.05) is 23.9 Å². The summed E-state index contributed by atoms with van der Waals surface area (Å²) in [5, 5.41) is 2.93. The number of nitrogens with zero attached hydrogens (tertiary/aromatic N) is 1. The van der Waals surface area contributed by atoms with E-state index in [1.165, 1.54) is 37.2 Å². The van der Waals surface area contributed by atoms with E-state index in [0.29, 0.717) is 12.8 Å². The fraction of sp³-hybridized carbons (Fsp3) is 0.409. The van der Waals surface area contributed by atoms with E-state index in [4.69, 9.17) is 0 Å². The molecule has 0 radical (unpaired) electrons. The maximum Gasteiger partial charge on any atom is 0.240 e. The van der Waals surface area contributed by atoms with Crippen molar-refractivity contribution in [1.82, 2.24) is 9.62 Å². The van der Waals surface area contributed by atoms with Gasteiger partial charge in [-0.05, 0) is 55.3 Å². The summed E-state index contributed by atoms with van der Waals surface area (Å²) in [6.45, 7) is 3.43. The van der Waals surface area contributed by atoms with Gasteiger partial charge in [-0.2, -0.15) is 11.8 Å². The number of anilines is 1. The van der Waals surface area contributed by atoms with E-state index < -0.39 is 10.0 Å². The van der Waals surface area contributed by atoms with Crippen molar-refractivity contribution in [3.63, 3.8) is 0 Å². The highest BCUT2D eigenvalue weighted by molar-refractivity contribution is 7.99. The highest BCUT2D eigenvalue weighted by Gasteiger charge is 2.12. The van der Waals surface area contributed by atoms with Crippen LogP contribution in [0.4, 0.5) is 5.69 Å². The SMILES string of the molecule is CNS(=O)(=O)c1ccc(CCC(=O)Nc2ccc(CCN3CCSCC3)cc2)cc1. The Morgan fingerprint density at radius 2 is 1.57 bits per heavy atom. The number of sulfonamides is 1. The maximum absolute atomic E-state index is 12.2. The zero-order valence-electron chi connectivity index (χ0n) is 17.3. The monoisotopic (exact) mass is 447 g/mol. The smallest absolute Gasteiger partial charge is 0.240 e. The lowest BCUT2D eigenvalue weighted by Crippen LogP contribution is -2.34. The van der Waals surface area contributed by atoms with Crippen molar-refractivity contribution < 1.29 is 13.2 Å². The molecule has 0 unspecified atom stereocenters. The molecular formula is C22H29N3O3S2. The van der Waals surface area contributed by atoms with Gasteiger partial charge in [0.25, 0.3) is 0 Å². The van der Waals surface area contributed by atoms with Gasteiger partial charge in [-0.1, -0.05) is 24.3 Å². The molecule has 3 rings (SSSR count). The summed E-state index contributed by atoms with van der Waals surface area (Å²) in [5.41, 5.74) is 3.00. The van der Waals surface area contributed by atoms with Gasteiger partial charge in [0, 0.05) is 43.2 Å². The van der Waals surface area contributed by atoms with Gasteiger partial charge in [0.05, 0.1) is 4.90 Å². The molecule has 1 aliphatic rings. The summed E-state index contributed by atoms with van der Waals surface area (Å²) >= 11 is 2.02. The third-order valence-corrected chi connectivity index (χ3v) is 7.57. The minimum absolute atomic E-state index is 0.0551. The molecule has 1 saturated heterocycles. The molecule has 0 saturated carbocycles. The summed E-state index contributed by atoms with van der Waals surface area (Å²) < 4.78 is 25.8. The van der Waals surface area contributed by atoms with Crippen LogP contribution in [0.3, 0.4) is 0 Å². The summed E-state index contributed by atoms with van der Waals surface area (Å²) in [5.74, 6) is 2.40. The Balaban J connectivity index is 1.43. The van der Waals surface area contributed by atoms with Crippen LogP contribution in [-0.4, -0.2) is 57.4 Å². The molecule has 8 heteroatoms. The molecule has 162 valence electrons. The summed E-state index contributed by atoms with van der Waals surface area (Å²) in [6.07, 6.45) is 1.92. The average Bonchev–Trinajstić information content (AvgIpc) is 2.78. The standard InChI is InChI=1S/C22H29N3O3S2/c1-23-30(27,28)21-9-4-18(5-10-21)6-11-22(26)24-20-7-2-19(3-8-20)12-13-25-14-16-29-17-15-25/h2-5,7-10,23H,6,11-17H2,1H3,(H,24,26). The highest BCUT2D eigenvalue weighted by Crippen LogP contribution is 2.15. The Bertz CT molecular complexity index is 923. The molecule has 2 aromatic carbocycles. The Morgan fingerprint density at radius 3 is 2.20 bits per heavy atom. The first-order chi connectivity index (χ1) is 14.5. The predicted molar refractivity (Wildman–Crippen MR) is 124 cm³/mol. The van der Waals surface area contributed by atoms with Gasteiger partial charge in [0.2, 0.25) is 15.9 Å². The van der Waals surface area contributed by atoms with Crippen molar-refractivity contribution in [2.24, 2.45) is 0 Å². The third-order valence-electron chi connectivity index (χ3n) is 5.20. The summed E-state index contributed by atoms with van der Waals surface area (Å²) in [6, 6.07) is 14.7. The van der Waals surface area contributed by atoms with Gasteiger partial charge in [-0.25, -0.2) is 13.1 Å². The molecule has 1 aliphatic heterocycles. The van der Waals surface area contributed by atoms with Crippen molar-refractivity contribution in [2.75, 3.05) is 43.5 Å². The van der Waals surface area contributed by atoms with E-state index >= 15 is 0 Å². The highest BCUT2D eigenvalue weighted by atomic mass is 32.2. The summed E-state index contributed by atoms with van der Waals surface area (Å²) in [7, 11) is -2.05. The van der Waals surface area contributed by atoms with Crippen molar-refractivity contribution in [2.45, 2.75) is 24.2 Å². The van der Waals surface area contributed by atoms with Gasteiger partial charge in [-0.15, -0.1) is 0 Å². The van der Waals surface area contributed by atoms with Gasteiger partial charge >= 0.3 is 0 Å². The van der Waals surface area contributed by atoms with Crippen LogP contribution in [0.25, 0.3) is 0 Å². The molecule has 0 aromatic heterocycles. The van der Waals surface area contributed by atoms with Crippen LogP contribution in [0.15, 0.2) is 53.4 Å². The van der Waals surface area contributed by atoms with Crippen LogP contribution >= 0.6 is 11.8 Å². The first-order valence-corrected chi connectivity index (χ1v) is 12.8. The second-order valence-electron chi connectivity index (χ2n) is 7.30. The molecular weight excluding hydrogens is 418 g/mol. The fourth-order valence-corrected chi connectivity index (χ4v) is 5.01. The number of hydrogen-bond acceptors (Lipinski definition) is 5. The quantitative estimate of drug-likeness (QED) is 0.618. The first kappa shape index (κ1) is 22.8. The van der Waals surface area contributed by atoms with Crippen LogP contribution < -0.4 is 10.0 Å². The van der Waals surface area contributed by atoms with Crippen molar-refractivity contribution >= 4 is 33.4 Å². The first-order valence-electron chi connectivity index (χ1n) is 10.2. The van der Waals surface area contributed by atoms with E-state index in [0.717, 1.165) is 24.2 Å². The molecule has 2 aromatic rings. The van der Waals surface area contributed by atoms with Crippen LogP contribution in [0.1, 0.15) is 17.5 Å². The van der Waals surface area contributed by atoms with Gasteiger partial charge < -0.3 is 10.2 Å². The molecule has 0 spiro atoms. The molecule has 0 atom stereocenters. The van der Waals surface area contributed by atoms with Gasteiger partial charge in [0.15, 0.2) is 0 Å². The largest absolute Gasteiger partial charge is 0.326 e. The minimum Gasteiger partial charge on any atom is -0.326 e. The van der Waals surface area contributed by atoms with Crippen molar-refractivity contribution in [3.8, 4) is 0 Å². The number of carbonyl (C=O) groups is 1. The van der Waals surface area contributed by atoms with E-state index in [9.17, 15) is 13.2 Å². The van der Waals surface area contributed by atoms with Crippen molar-refractivity contribution in [1.29, 1.82) is 0 Å². The van der Waals surface area contributed by atoms with Crippen LogP contribution in [0.2, 0.25) is 0 Å². The number of carbonyl (C=O) groups excluding carboxylic acids is 1. The zero-order chi connectivity index (χ0) is 21.4. The number of hydrogen-bond donors (Lipinski definition) is 2. The number of nitrogens with one attached hydrogen (secondary N) is 2. The maximum atomic E-state index is 12.2. The van der Waals surface area contributed by atoms with Gasteiger partial charge in [-0.3, -0.25) is 4.79 Å². The topological polar surface area (TPSA) is 78.5 Å². The van der Waals surface area contributed by atoms with E-state index in [-0.39, 0.29) is 10.8 Å².